The largest absolute Gasteiger partial charge is 0.356 e. The molecule has 0 aromatic rings. The standard InChI is InChI=1S/C21H39N3O3/c1-2-3-4-5-6-11-16-22-19(25)14-9-7-12-17-23-21(27)24-18-13-8-10-15-20(24)26/h2-18H2,1H3,(H,22,25)(H,23,27). The van der Waals surface area contributed by atoms with E-state index in [1.165, 1.54) is 37.0 Å². The fourth-order valence-electron chi connectivity index (χ4n) is 3.30. The molecule has 1 fully saturated rings. The third-order valence-electron chi connectivity index (χ3n) is 5.03. The van der Waals surface area contributed by atoms with Gasteiger partial charge in [0.15, 0.2) is 0 Å². The van der Waals surface area contributed by atoms with Crippen LogP contribution in [-0.2, 0) is 9.59 Å². The van der Waals surface area contributed by atoms with Crippen molar-refractivity contribution in [3.8, 4) is 0 Å². The minimum Gasteiger partial charge on any atom is -0.356 e. The predicted molar refractivity (Wildman–Crippen MR) is 108 cm³/mol. The molecule has 1 aliphatic rings. The molecule has 156 valence electrons. The summed E-state index contributed by atoms with van der Waals surface area (Å²) >= 11 is 0. The number of amides is 4. The Morgan fingerprint density at radius 1 is 0.852 bits per heavy atom. The van der Waals surface area contributed by atoms with Gasteiger partial charge in [-0.1, -0.05) is 51.9 Å². The summed E-state index contributed by atoms with van der Waals surface area (Å²) in [6.45, 7) is 4.08. The van der Waals surface area contributed by atoms with Crippen LogP contribution in [0.25, 0.3) is 0 Å². The van der Waals surface area contributed by atoms with Crippen molar-refractivity contribution in [1.82, 2.24) is 15.5 Å². The van der Waals surface area contributed by atoms with Crippen molar-refractivity contribution in [3.63, 3.8) is 0 Å². The molecule has 1 aliphatic heterocycles. The van der Waals surface area contributed by atoms with Crippen LogP contribution in [0.4, 0.5) is 4.79 Å². The Morgan fingerprint density at radius 3 is 2.30 bits per heavy atom. The first-order valence-corrected chi connectivity index (χ1v) is 11.0. The van der Waals surface area contributed by atoms with Gasteiger partial charge >= 0.3 is 6.03 Å². The summed E-state index contributed by atoms with van der Waals surface area (Å²) in [5.74, 6) is 0.0646. The van der Waals surface area contributed by atoms with Gasteiger partial charge in [-0.2, -0.15) is 0 Å². The first kappa shape index (κ1) is 23.4. The van der Waals surface area contributed by atoms with Gasteiger partial charge in [-0.05, 0) is 32.1 Å². The molecular weight excluding hydrogens is 342 g/mol. The monoisotopic (exact) mass is 381 g/mol. The van der Waals surface area contributed by atoms with E-state index in [2.05, 4.69) is 17.6 Å². The van der Waals surface area contributed by atoms with E-state index < -0.39 is 0 Å². The fraction of sp³-hybridized carbons (Fsp3) is 0.857. The smallest absolute Gasteiger partial charge is 0.324 e. The zero-order chi connectivity index (χ0) is 19.7. The number of hydrogen-bond acceptors (Lipinski definition) is 3. The summed E-state index contributed by atoms with van der Waals surface area (Å²) in [6.07, 6.45) is 13.8. The highest BCUT2D eigenvalue weighted by molar-refractivity contribution is 5.94. The second kappa shape index (κ2) is 15.5. The SMILES string of the molecule is CCCCCCCCNC(=O)CCCCCNC(=O)N1CCCCCC1=O. The lowest BCUT2D eigenvalue weighted by atomic mass is 10.1. The molecule has 1 rings (SSSR count). The summed E-state index contributed by atoms with van der Waals surface area (Å²) in [7, 11) is 0. The number of rotatable bonds is 13. The van der Waals surface area contributed by atoms with Gasteiger partial charge in [0.1, 0.15) is 0 Å². The maximum absolute atomic E-state index is 12.1. The Morgan fingerprint density at radius 2 is 1.52 bits per heavy atom. The van der Waals surface area contributed by atoms with E-state index in [-0.39, 0.29) is 17.8 Å². The van der Waals surface area contributed by atoms with Crippen LogP contribution in [0.3, 0.4) is 0 Å². The van der Waals surface area contributed by atoms with Gasteiger partial charge in [0.25, 0.3) is 0 Å². The van der Waals surface area contributed by atoms with Crippen LogP contribution in [0.15, 0.2) is 0 Å². The third-order valence-corrected chi connectivity index (χ3v) is 5.03. The van der Waals surface area contributed by atoms with Gasteiger partial charge in [0.05, 0.1) is 0 Å². The average Bonchev–Trinajstić information content (AvgIpc) is 2.88. The second-order valence-corrected chi connectivity index (χ2v) is 7.52. The summed E-state index contributed by atoms with van der Waals surface area (Å²) < 4.78 is 0. The molecule has 27 heavy (non-hydrogen) atoms. The van der Waals surface area contributed by atoms with Crippen molar-refractivity contribution >= 4 is 17.8 Å². The highest BCUT2D eigenvalue weighted by atomic mass is 16.2. The van der Waals surface area contributed by atoms with Gasteiger partial charge in [-0.15, -0.1) is 0 Å². The number of likely N-dealkylation sites (tertiary alicyclic amines) is 1. The van der Waals surface area contributed by atoms with Gasteiger partial charge in [-0.25, -0.2) is 4.79 Å². The predicted octanol–water partition coefficient (Wildman–Crippen LogP) is 4.14. The highest BCUT2D eigenvalue weighted by Crippen LogP contribution is 2.11. The summed E-state index contributed by atoms with van der Waals surface area (Å²) in [5, 5.41) is 5.81. The fourth-order valence-corrected chi connectivity index (χ4v) is 3.30. The lowest BCUT2D eigenvalue weighted by Crippen LogP contribution is -2.43. The average molecular weight is 382 g/mol. The Balaban J connectivity index is 1.95. The van der Waals surface area contributed by atoms with E-state index in [0.717, 1.165) is 51.5 Å². The van der Waals surface area contributed by atoms with Crippen LogP contribution in [0, 0.1) is 0 Å². The lowest BCUT2D eigenvalue weighted by Gasteiger charge is -2.18. The van der Waals surface area contributed by atoms with E-state index >= 15 is 0 Å². The van der Waals surface area contributed by atoms with Crippen LogP contribution in [0.1, 0.15) is 96.8 Å². The number of unbranched alkanes of at least 4 members (excludes halogenated alkanes) is 7. The molecule has 0 saturated carbocycles. The van der Waals surface area contributed by atoms with E-state index in [4.69, 9.17) is 0 Å². The molecule has 0 aliphatic carbocycles. The quantitative estimate of drug-likeness (QED) is 0.471. The second-order valence-electron chi connectivity index (χ2n) is 7.52. The molecule has 0 unspecified atom stereocenters. The van der Waals surface area contributed by atoms with E-state index in [1.54, 1.807) is 0 Å². The number of urea groups is 1. The molecule has 0 atom stereocenters. The zero-order valence-corrected chi connectivity index (χ0v) is 17.2. The Labute approximate surface area is 164 Å². The molecule has 4 amide bonds. The van der Waals surface area contributed by atoms with Crippen molar-refractivity contribution in [2.45, 2.75) is 96.8 Å². The molecular formula is C21H39N3O3. The number of carbonyl (C=O) groups excluding carboxylic acids is 3. The summed E-state index contributed by atoms with van der Waals surface area (Å²) in [4.78, 5) is 37.0. The Hall–Kier alpha value is -1.59. The maximum Gasteiger partial charge on any atom is 0.324 e. The third kappa shape index (κ3) is 11.7. The lowest BCUT2D eigenvalue weighted by molar-refractivity contribution is -0.127. The summed E-state index contributed by atoms with van der Waals surface area (Å²) in [5.41, 5.74) is 0. The molecule has 0 spiro atoms. The molecule has 0 aromatic heterocycles. The van der Waals surface area contributed by atoms with E-state index in [9.17, 15) is 14.4 Å². The van der Waals surface area contributed by atoms with Gasteiger partial charge in [0, 0.05) is 32.5 Å². The first-order valence-electron chi connectivity index (χ1n) is 11.0. The molecule has 1 heterocycles. The zero-order valence-electron chi connectivity index (χ0n) is 17.2. The van der Waals surface area contributed by atoms with Crippen LogP contribution < -0.4 is 10.6 Å². The van der Waals surface area contributed by atoms with Crippen molar-refractivity contribution < 1.29 is 14.4 Å². The molecule has 1 saturated heterocycles. The molecule has 0 aromatic carbocycles. The van der Waals surface area contributed by atoms with Gasteiger partial charge in [-0.3, -0.25) is 14.5 Å². The van der Waals surface area contributed by atoms with Crippen LogP contribution in [0.5, 0.6) is 0 Å². The Kier molecular flexibility index (Phi) is 13.4. The van der Waals surface area contributed by atoms with Gasteiger partial charge < -0.3 is 10.6 Å². The Bertz CT molecular complexity index is 440. The van der Waals surface area contributed by atoms with Crippen LogP contribution in [-0.4, -0.2) is 42.4 Å². The minimum absolute atomic E-state index is 0.0629. The highest BCUT2D eigenvalue weighted by Gasteiger charge is 2.22. The van der Waals surface area contributed by atoms with Crippen LogP contribution >= 0.6 is 0 Å². The van der Waals surface area contributed by atoms with Crippen molar-refractivity contribution in [3.05, 3.63) is 0 Å². The normalized spacial score (nSPS) is 14.7. The van der Waals surface area contributed by atoms with E-state index in [0.29, 0.717) is 25.9 Å². The number of carbonyl (C=O) groups is 3. The van der Waals surface area contributed by atoms with Crippen molar-refractivity contribution in [2.24, 2.45) is 0 Å². The van der Waals surface area contributed by atoms with Crippen LogP contribution in [0.2, 0.25) is 0 Å². The van der Waals surface area contributed by atoms with Gasteiger partial charge in [0.2, 0.25) is 11.8 Å². The topological polar surface area (TPSA) is 78.5 Å². The van der Waals surface area contributed by atoms with Crippen molar-refractivity contribution in [1.29, 1.82) is 0 Å². The molecule has 0 radical (unpaired) electrons. The minimum atomic E-state index is -0.265. The van der Waals surface area contributed by atoms with Crippen molar-refractivity contribution in [2.75, 3.05) is 19.6 Å². The maximum atomic E-state index is 12.1. The molecule has 6 heteroatoms. The first-order chi connectivity index (χ1) is 13.1. The summed E-state index contributed by atoms with van der Waals surface area (Å²) in [6, 6.07) is -0.265. The number of nitrogens with one attached hydrogen (secondary N) is 2. The number of imide groups is 1. The number of hydrogen-bond donors (Lipinski definition) is 2. The molecule has 2 N–H and O–H groups in total. The number of nitrogens with zero attached hydrogens (tertiary/aromatic N) is 1. The van der Waals surface area contributed by atoms with E-state index in [1.807, 2.05) is 0 Å². The molecule has 6 nitrogen and oxygen atoms in total. The molecule has 0 bridgehead atoms.